The fourth-order valence-corrected chi connectivity index (χ4v) is 3.65. The molecule has 0 heterocycles. The summed E-state index contributed by atoms with van der Waals surface area (Å²) in [6, 6.07) is 19.9. The fourth-order valence-electron chi connectivity index (χ4n) is 3.65. The van der Waals surface area contributed by atoms with Crippen molar-refractivity contribution in [3.63, 3.8) is 0 Å². The highest BCUT2D eigenvalue weighted by Gasteiger charge is 2.15. The van der Waals surface area contributed by atoms with Crippen LogP contribution in [0.2, 0.25) is 0 Å². The van der Waals surface area contributed by atoms with Gasteiger partial charge < -0.3 is 18.9 Å². The van der Waals surface area contributed by atoms with Gasteiger partial charge >= 0.3 is 11.9 Å². The van der Waals surface area contributed by atoms with Gasteiger partial charge in [0, 0.05) is 30.9 Å². The molecule has 0 aliphatic heterocycles. The molecule has 3 atom stereocenters. The van der Waals surface area contributed by atoms with Crippen LogP contribution in [0.4, 0.5) is 0 Å². The van der Waals surface area contributed by atoms with Crippen LogP contribution in [0.15, 0.2) is 86.0 Å². The number of rotatable bonds is 12. The molecule has 0 aliphatic carbocycles. The first kappa shape index (κ1) is 26.5. The Kier molecular flexibility index (Phi) is 9.28. The average Bonchev–Trinajstić information content (AvgIpc) is 2.91. The second-order valence-electron chi connectivity index (χ2n) is 8.25. The third-order valence-corrected chi connectivity index (χ3v) is 5.75. The molecule has 0 bridgehead atoms. The molecule has 3 unspecified atom stereocenters. The Morgan fingerprint density at radius 1 is 0.722 bits per heavy atom. The maximum atomic E-state index is 11.5. The molecule has 0 N–H and O–H groups in total. The Morgan fingerprint density at radius 2 is 1.19 bits per heavy atom. The van der Waals surface area contributed by atoms with E-state index in [4.69, 9.17) is 18.9 Å². The molecule has 188 valence electrons. The zero-order chi connectivity index (χ0) is 26.1. The van der Waals surface area contributed by atoms with Gasteiger partial charge in [-0.15, -0.1) is 0 Å². The second kappa shape index (κ2) is 12.6. The average molecular weight is 489 g/mol. The van der Waals surface area contributed by atoms with Gasteiger partial charge in [0.15, 0.2) is 0 Å². The Bertz CT molecular complexity index is 1210. The van der Waals surface area contributed by atoms with Crippen LogP contribution in [-0.4, -0.2) is 24.5 Å². The van der Waals surface area contributed by atoms with E-state index in [0.29, 0.717) is 24.3 Å². The number of benzene rings is 3. The summed E-state index contributed by atoms with van der Waals surface area (Å²) in [5, 5.41) is 2.11. The normalized spacial score (nSPS) is 13.2. The summed E-state index contributed by atoms with van der Waals surface area (Å²) in [7, 11) is 0. The maximum absolute atomic E-state index is 11.5. The molecule has 6 nitrogen and oxygen atoms in total. The molecule has 6 heteroatoms. The van der Waals surface area contributed by atoms with Crippen LogP contribution >= 0.6 is 0 Å². The highest BCUT2D eigenvalue weighted by Crippen LogP contribution is 2.30. The first-order valence-electron chi connectivity index (χ1n) is 12.0. The first-order valence-corrected chi connectivity index (χ1v) is 12.0. The van der Waals surface area contributed by atoms with Crippen molar-refractivity contribution in [1.82, 2.24) is 0 Å². The highest BCUT2D eigenvalue weighted by atomic mass is 16.7. The van der Waals surface area contributed by atoms with Gasteiger partial charge in [0.25, 0.3) is 0 Å². The Morgan fingerprint density at radius 3 is 1.75 bits per heavy atom. The van der Waals surface area contributed by atoms with Gasteiger partial charge in [0.2, 0.25) is 12.6 Å². The minimum absolute atomic E-state index is 0.155. The Balaban J connectivity index is 1.70. The minimum Gasteiger partial charge on any atom is -0.455 e. The topological polar surface area (TPSA) is 71.1 Å². The Labute approximate surface area is 212 Å². The molecular formula is C30H32O6. The molecule has 0 aromatic heterocycles. The van der Waals surface area contributed by atoms with E-state index in [9.17, 15) is 9.59 Å². The molecule has 3 aromatic carbocycles. The van der Waals surface area contributed by atoms with Crippen LogP contribution in [0.5, 0.6) is 11.5 Å². The van der Waals surface area contributed by atoms with E-state index in [0.717, 1.165) is 28.5 Å². The van der Waals surface area contributed by atoms with Crippen molar-refractivity contribution < 1.29 is 28.5 Å². The smallest absolute Gasteiger partial charge is 0.333 e. The van der Waals surface area contributed by atoms with Crippen molar-refractivity contribution >= 4 is 22.7 Å². The van der Waals surface area contributed by atoms with E-state index in [1.54, 1.807) is 0 Å². The fraction of sp³-hybridized carbons (Fsp3) is 0.267. The summed E-state index contributed by atoms with van der Waals surface area (Å²) in [5.41, 5.74) is 2.30. The summed E-state index contributed by atoms with van der Waals surface area (Å²) in [4.78, 5) is 22.9. The van der Waals surface area contributed by atoms with Crippen LogP contribution in [0.25, 0.3) is 10.8 Å². The number of hydrogen-bond acceptors (Lipinski definition) is 6. The predicted molar refractivity (Wildman–Crippen MR) is 140 cm³/mol. The van der Waals surface area contributed by atoms with Crippen molar-refractivity contribution in [2.75, 3.05) is 0 Å². The molecule has 0 saturated heterocycles. The molecule has 0 amide bonds. The van der Waals surface area contributed by atoms with Gasteiger partial charge in [0.05, 0.1) is 0 Å². The minimum atomic E-state index is -0.666. The molecule has 3 rings (SSSR count). The summed E-state index contributed by atoms with van der Waals surface area (Å²) in [6.45, 7) is 12.7. The lowest BCUT2D eigenvalue weighted by Crippen LogP contribution is -2.22. The molecule has 0 aliphatic rings. The number of hydrogen-bond donors (Lipinski definition) is 0. The number of fused-ring (bicyclic) bond motifs is 1. The van der Waals surface area contributed by atoms with E-state index in [-0.39, 0.29) is 5.92 Å². The molecule has 36 heavy (non-hydrogen) atoms. The van der Waals surface area contributed by atoms with Crippen molar-refractivity contribution in [3.05, 3.63) is 97.1 Å². The van der Waals surface area contributed by atoms with Crippen molar-refractivity contribution in [2.24, 2.45) is 0 Å². The molecular weight excluding hydrogens is 456 g/mol. The maximum Gasteiger partial charge on any atom is 0.333 e. The van der Waals surface area contributed by atoms with Gasteiger partial charge in [-0.3, -0.25) is 0 Å². The van der Waals surface area contributed by atoms with Crippen LogP contribution in [-0.2, 0) is 19.1 Å². The van der Waals surface area contributed by atoms with Crippen LogP contribution in [0.1, 0.15) is 50.7 Å². The van der Waals surface area contributed by atoms with E-state index >= 15 is 0 Å². The second-order valence-corrected chi connectivity index (χ2v) is 8.25. The zero-order valence-electron chi connectivity index (χ0n) is 20.9. The molecule has 0 spiro atoms. The summed E-state index contributed by atoms with van der Waals surface area (Å²) in [5.74, 6) is 0.393. The lowest BCUT2D eigenvalue weighted by atomic mass is 9.91. The van der Waals surface area contributed by atoms with E-state index in [1.807, 2.05) is 56.3 Å². The third kappa shape index (κ3) is 6.98. The number of carbonyl (C=O) groups excluding carboxylic acids is 2. The van der Waals surface area contributed by atoms with E-state index in [1.165, 1.54) is 5.56 Å². The van der Waals surface area contributed by atoms with E-state index in [2.05, 4.69) is 38.3 Å². The van der Waals surface area contributed by atoms with Crippen LogP contribution in [0.3, 0.4) is 0 Å². The number of esters is 2. The lowest BCUT2D eigenvalue weighted by molar-refractivity contribution is -0.158. The highest BCUT2D eigenvalue weighted by molar-refractivity contribution is 5.85. The first-order chi connectivity index (χ1) is 17.4. The third-order valence-electron chi connectivity index (χ3n) is 5.75. The van der Waals surface area contributed by atoms with Crippen molar-refractivity contribution in [3.8, 4) is 11.5 Å². The molecule has 3 aromatic rings. The van der Waals surface area contributed by atoms with Gasteiger partial charge in [-0.25, -0.2) is 9.59 Å². The monoisotopic (exact) mass is 488 g/mol. The predicted octanol–water partition coefficient (Wildman–Crippen LogP) is 6.68. The summed E-state index contributed by atoms with van der Waals surface area (Å²) >= 11 is 0. The molecule has 0 saturated carbocycles. The van der Waals surface area contributed by atoms with Crippen molar-refractivity contribution in [2.45, 2.75) is 52.1 Å². The van der Waals surface area contributed by atoms with Gasteiger partial charge in [-0.1, -0.05) is 70.3 Å². The van der Waals surface area contributed by atoms with E-state index < -0.39 is 24.5 Å². The van der Waals surface area contributed by atoms with Crippen LogP contribution < -0.4 is 9.47 Å². The summed E-state index contributed by atoms with van der Waals surface area (Å²) in [6.07, 6.45) is 1.98. The van der Waals surface area contributed by atoms with Crippen LogP contribution in [0, 0.1) is 0 Å². The lowest BCUT2D eigenvalue weighted by Gasteiger charge is -2.19. The quantitative estimate of drug-likeness (QED) is 0.161. The van der Waals surface area contributed by atoms with Gasteiger partial charge in [-0.2, -0.15) is 0 Å². The number of carbonyl (C=O) groups is 2. The molecule has 0 fully saturated rings. The zero-order valence-corrected chi connectivity index (χ0v) is 20.9. The number of ether oxygens (including phenoxy) is 4. The standard InChI is InChI=1S/C30H32O6/c1-6-27(31)35-29(8-3)33-25-15-12-21(13-16-25)20(5)22-10-11-24-19-26(17-14-23(24)18-22)34-30(9-4)36-28(32)7-2/h6-7,10-20,29-30H,1-2,8-9H2,3-5H3. The van der Waals surface area contributed by atoms with Crippen molar-refractivity contribution in [1.29, 1.82) is 0 Å². The largest absolute Gasteiger partial charge is 0.455 e. The van der Waals surface area contributed by atoms with Gasteiger partial charge in [0.1, 0.15) is 11.5 Å². The van der Waals surface area contributed by atoms with Gasteiger partial charge in [-0.05, 0) is 46.2 Å². The molecule has 0 radical (unpaired) electrons. The SMILES string of the molecule is C=CC(=O)OC(CC)Oc1ccc(C(C)c2ccc3cc(OC(CC)OC(=O)C=C)ccc3c2)cc1. The summed E-state index contributed by atoms with van der Waals surface area (Å²) < 4.78 is 22.0. The Hall–Kier alpha value is -4.06.